The van der Waals surface area contributed by atoms with Crippen LogP contribution in [0.15, 0.2) is 36.5 Å². The van der Waals surface area contributed by atoms with Gasteiger partial charge in [0.1, 0.15) is 18.0 Å². The maximum atomic E-state index is 12.1. The minimum atomic E-state index is -0.460. The molecular formula is C23H31N3O5. The Morgan fingerprint density at radius 3 is 2.68 bits per heavy atom. The van der Waals surface area contributed by atoms with Gasteiger partial charge in [-0.3, -0.25) is 19.5 Å². The summed E-state index contributed by atoms with van der Waals surface area (Å²) in [5, 5.41) is 4.40. The third-order valence-electron chi connectivity index (χ3n) is 5.41. The average Bonchev–Trinajstić information content (AvgIpc) is 2.82. The molecule has 1 aromatic heterocycles. The van der Waals surface area contributed by atoms with Crippen LogP contribution in [0.25, 0.3) is 10.8 Å². The van der Waals surface area contributed by atoms with Crippen molar-refractivity contribution < 1.29 is 23.9 Å². The SMILES string of the molecule is CCC(C=O)NC(=O)c1nccc2ccccc12.CCC1COCC(C(=O)OC)N1C. The topological polar surface area (TPSA) is 97.8 Å². The molecule has 8 heteroatoms. The number of esters is 1. The molecule has 3 atom stereocenters. The third-order valence-corrected chi connectivity index (χ3v) is 5.41. The molecule has 3 rings (SSSR count). The van der Waals surface area contributed by atoms with Gasteiger partial charge in [0.15, 0.2) is 0 Å². The second kappa shape index (κ2) is 12.1. The molecule has 1 aromatic carbocycles. The van der Waals surface area contributed by atoms with Crippen LogP contribution in [0.4, 0.5) is 0 Å². The smallest absolute Gasteiger partial charge is 0.325 e. The number of morpholine rings is 1. The minimum absolute atomic E-state index is 0.208. The zero-order valence-corrected chi connectivity index (χ0v) is 18.5. The first kappa shape index (κ1) is 24.4. The maximum Gasteiger partial charge on any atom is 0.325 e. The van der Waals surface area contributed by atoms with Gasteiger partial charge in [0, 0.05) is 17.6 Å². The number of ether oxygens (including phenoxy) is 2. The lowest BCUT2D eigenvalue weighted by atomic mass is 10.1. The number of nitrogens with one attached hydrogen (secondary N) is 1. The number of benzene rings is 1. The standard InChI is InChI=1S/C14H14N2O2.C9H17NO3/c1-2-11(9-17)16-14(18)13-12-6-4-3-5-10(12)7-8-15-13;1-4-7-5-13-6-8(10(7)2)9(11)12-3/h3-9,11H,2H2,1H3,(H,16,18);7-8H,4-6H2,1-3H3. The fraction of sp³-hybridized carbons (Fsp3) is 0.478. The van der Waals surface area contributed by atoms with Crippen molar-refractivity contribution in [1.82, 2.24) is 15.2 Å². The summed E-state index contributed by atoms with van der Waals surface area (Å²) < 4.78 is 10.0. The highest BCUT2D eigenvalue weighted by Gasteiger charge is 2.32. The number of aromatic nitrogens is 1. The molecule has 1 amide bonds. The molecule has 1 saturated heterocycles. The lowest BCUT2D eigenvalue weighted by Gasteiger charge is -2.37. The normalized spacial score (nSPS) is 19.6. The lowest BCUT2D eigenvalue weighted by Crippen LogP contribution is -2.53. The van der Waals surface area contributed by atoms with Gasteiger partial charge in [0.25, 0.3) is 5.91 Å². The van der Waals surface area contributed by atoms with Gasteiger partial charge in [-0.2, -0.15) is 0 Å². The number of aldehydes is 1. The second-order valence-corrected chi connectivity index (χ2v) is 7.31. The molecule has 1 aliphatic rings. The largest absolute Gasteiger partial charge is 0.468 e. The minimum Gasteiger partial charge on any atom is -0.468 e. The van der Waals surface area contributed by atoms with Gasteiger partial charge in [-0.15, -0.1) is 0 Å². The van der Waals surface area contributed by atoms with Gasteiger partial charge in [0.2, 0.25) is 0 Å². The highest BCUT2D eigenvalue weighted by atomic mass is 16.5. The van der Waals surface area contributed by atoms with Crippen molar-refractivity contribution in [2.24, 2.45) is 0 Å². The Morgan fingerprint density at radius 2 is 2.03 bits per heavy atom. The van der Waals surface area contributed by atoms with E-state index in [9.17, 15) is 14.4 Å². The molecule has 0 saturated carbocycles. The van der Waals surface area contributed by atoms with Crippen LogP contribution in [0.2, 0.25) is 0 Å². The van der Waals surface area contributed by atoms with Crippen molar-refractivity contribution in [1.29, 1.82) is 0 Å². The van der Waals surface area contributed by atoms with Crippen LogP contribution >= 0.6 is 0 Å². The predicted octanol–water partition coefficient (Wildman–Crippen LogP) is 2.21. The van der Waals surface area contributed by atoms with Gasteiger partial charge < -0.3 is 19.6 Å². The van der Waals surface area contributed by atoms with Crippen molar-refractivity contribution in [3.8, 4) is 0 Å². The predicted molar refractivity (Wildman–Crippen MR) is 118 cm³/mol. The molecule has 1 N–H and O–H groups in total. The summed E-state index contributed by atoms with van der Waals surface area (Å²) in [6.07, 6.45) is 3.89. The number of rotatable bonds is 6. The zero-order chi connectivity index (χ0) is 22.8. The number of hydrogen-bond donors (Lipinski definition) is 1. The van der Waals surface area contributed by atoms with Crippen molar-refractivity contribution in [2.45, 2.75) is 44.8 Å². The van der Waals surface area contributed by atoms with E-state index in [4.69, 9.17) is 9.47 Å². The summed E-state index contributed by atoms with van der Waals surface area (Å²) in [4.78, 5) is 40.2. The van der Waals surface area contributed by atoms with E-state index in [1.165, 1.54) is 7.11 Å². The summed E-state index contributed by atoms with van der Waals surface area (Å²) in [6, 6.07) is 9.02. The Hall–Kier alpha value is -2.84. The van der Waals surface area contributed by atoms with E-state index in [-0.39, 0.29) is 17.9 Å². The molecule has 0 bridgehead atoms. The van der Waals surface area contributed by atoms with Crippen molar-refractivity contribution >= 4 is 28.9 Å². The maximum absolute atomic E-state index is 12.1. The van der Waals surface area contributed by atoms with Crippen molar-refractivity contribution in [3.05, 3.63) is 42.2 Å². The van der Waals surface area contributed by atoms with Crippen LogP contribution in [-0.2, 0) is 19.1 Å². The molecular weight excluding hydrogens is 398 g/mol. The number of carbonyl (C=O) groups excluding carboxylic acids is 3. The molecule has 1 fully saturated rings. The average molecular weight is 430 g/mol. The first-order valence-corrected chi connectivity index (χ1v) is 10.4. The zero-order valence-electron chi connectivity index (χ0n) is 18.5. The fourth-order valence-corrected chi connectivity index (χ4v) is 3.35. The molecule has 2 aromatic rings. The summed E-state index contributed by atoms with van der Waals surface area (Å²) in [6.45, 7) is 5.08. The van der Waals surface area contributed by atoms with Gasteiger partial charge in [-0.05, 0) is 31.3 Å². The molecule has 168 valence electrons. The Morgan fingerprint density at radius 1 is 1.29 bits per heavy atom. The molecule has 2 heterocycles. The van der Waals surface area contributed by atoms with E-state index >= 15 is 0 Å². The van der Waals surface area contributed by atoms with E-state index in [0.717, 1.165) is 23.5 Å². The number of fused-ring (bicyclic) bond motifs is 1. The Labute approximate surface area is 182 Å². The van der Waals surface area contributed by atoms with Gasteiger partial charge in [-0.25, -0.2) is 0 Å². The van der Waals surface area contributed by atoms with E-state index in [1.807, 2.05) is 49.2 Å². The fourth-order valence-electron chi connectivity index (χ4n) is 3.35. The quantitative estimate of drug-likeness (QED) is 0.555. The van der Waals surface area contributed by atoms with Crippen molar-refractivity contribution in [3.63, 3.8) is 0 Å². The van der Waals surface area contributed by atoms with Crippen LogP contribution in [0.3, 0.4) is 0 Å². The highest BCUT2D eigenvalue weighted by Crippen LogP contribution is 2.16. The number of methoxy groups -OCH3 is 1. The molecule has 3 unspecified atom stereocenters. The Bertz CT molecular complexity index is 883. The summed E-state index contributed by atoms with van der Waals surface area (Å²) in [5.74, 6) is -0.522. The molecule has 31 heavy (non-hydrogen) atoms. The van der Waals surface area contributed by atoms with Crippen LogP contribution in [-0.4, -0.2) is 73.5 Å². The summed E-state index contributed by atoms with van der Waals surface area (Å²) in [5.41, 5.74) is 0.355. The number of carbonyl (C=O) groups is 3. The number of likely N-dealkylation sites (N-methyl/N-ethyl adjacent to an activating group) is 1. The molecule has 1 aliphatic heterocycles. The Kier molecular flexibility index (Phi) is 9.55. The number of pyridine rings is 1. The molecule has 0 radical (unpaired) electrons. The number of hydrogen-bond acceptors (Lipinski definition) is 7. The lowest BCUT2D eigenvalue weighted by molar-refractivity contribution is -0.155. The van der Waals surface area contributed by atoms with Crippen LogP contribution in [0.1, 0.15) is 37.2 Å². The summed E-state index contributed by atoms with van der Waals surface area (Å²) >= 11 is 0. The highest BCUT2D eigenvalue weighted by molar-refractivity contribution is 6.05. The van der Waals surface area contributed by atoms with Gasteiger partial charge >= 0.3 is 5.97 Å². The third kappa shape index (κ3) is 6.32. The van der Waals surface area contributed by atoms with Crippen LogP contribution < -0.4 is 5.32 Å². The van der Waals surface area contributed by atoms with E-state index in [0.29, 0.717) is 31.4 Å². The van der Waals surface area contributed by atoms with E-state index in [1.54, 1.807) is 6.20 Å². The second-order valence-electron chi connectivity index (χ2n) is 7.31. The Balaban J connectivity index is 0.000000233. The van der Waals surface area contributed by atoms with E-state index < -0.39 is 6.04 Å². The van der Waals surface area contributed by atoms with Crippen LogP contribution in [0.5, 0.6) is 0 Å². The first-order valence-electron chi connectivity index (χ1n) is 10.4. The molecule has 0 spiro atoms. The first-order chi connectivity index (χ1) is 15.0. The number of amides is 1. The van der Waals surface area contributed by atoms with Crippen LogP contribution in [0, 0.1) is 0 Å². The molecule has 8 nitrogen and oxygen atoms in total. The van der Waals surface area contributed by atoms with E-state index in [2.05, 4.69) is 17.2 Å². The molecule has 0 aliphatic carbocycles. The van der Waals surface area contributed by atoms with Crippen molar-refractivity contribution in [2.75, 3.05) is 27.4 Å². The van der Waals surface area contributed by atoms with Gasteiger partial charge in [-0.1, -0.05) is 38.1 Å². The summed E-state index contributed by atoms with van der Waals surface area (Å²) in [7, 11) is 3.35. The number of nitrogens with zero attached hydrogens (tertiary/aromatic N) is 2. The van der Waals surface area contributed by atoms with Gasteiger partial charge in [0.05, 0.1) is 26.4 Å². The monoisotopic (exact) mass is 429 g/mol.